The zero-order valence-corrected chi connectivity index (χ0v) is 12.2. The lowest BCUT2D eigenvalue weighted by molar-refractivity contribution is -0.121. The lowest BCUT2D eigenvalue weighted by Crippen LogP contribution is -2.17. The fourth-order valence-electron chi connectivity index (χ4n) is 1.93. The van der Waals surface area contributed by atoms with E-state index in [1.165, 1.54) is 12.1 Å². The molecule has 2 atom stereocenters. The number of rotatable bonds is 7. The molecule has 0 aliphatic rings. The fourth-order valence-corrected chi connectivity index (χ4v) is 2.05. The highest BCUT2D eigenvalue weighted by Gasteiger charge is 2.14. The molecule has 2 nitrogen and oxygen atoms in total. The number of Topliss-reactive ketones (excluding diaryl/α,β-unsaturated/α-hetero) is 1. The zero-order chi connectivity index (χ0) is 14.4. The minimum absolute atomic E-state index is 0.0162. The highest BCUT2D eigenvalue weighted by molar-refractivity contribution is 6.30. The maximum absolute atomic E-state index is 13.3. The number of carbonyl (C=O) groups excluding carboxylic acids is 1. The molecule has 0 aliphatic heterocycles. The second kappa shape index (κ2) is 7.61. The van der Waals surface area contributed by atoms with Crippen molar-refractivity contribution in [1.82, 2.24) is 0 Å². The largest absolute Gasteiger partial charge is 0.328 e. The topological polar surface area (TPSA) is 43.1 Å². The summed E-state index contributed by atoms with van der Waals surface area (Å²) in [5, 5.41) is 0.0844. The molecular weight excluding hydrogens is 265 g/mol. The van der Waals surface area contributed by atoms with E-state index >= 15 is 0 Å². The van der Waals surface area contributed by atoms with Gasteiger partial charge >= 0.3 is 0 Å². The van der Waals surface area contributed by atoms with Crippen LogP contribution in [0, 0.1) is 11.7 Å². The average molecular weight is 286 g/mol. The molecule has 0 fully saturated rings. The maximum atomic E-state index is 13.3. The summed E-state index contributed by atoms with van der Waals surface area (Å²) in [7, 11) is 0. The molecule has 0 aliphatic carbocycles. The summed E-state index contributed by atoms with van der Waals surface area (Å²) in [5.41, 5.74) is 6.34. The van der Waals surface area contributed by atoms with Gasteiger partial charge in [-0.15, -0.1) is 0 Å². The van der Waals surface area contributed by atoms with Crippen LogP contribution in [0.25, 0.3) is 0 Å². The molecule has 2 N–H and O–H groups in total. The summed E-state index contributed by atoms with van der Waals surface area (Å²) in [6, 6.07) is 4.68. The first-order valence-electron chi connectivity index (χ1n) is 6.62. The first-order valence-corrected chi connectivity index (χ1v) is 7.00. The predicted molar refractivity (Wildman–Crippen MR) is 76.8 cm³/mol. The Morgan fingerprint density at radius 2 is 2.05 bits per heavy atom. The third kappa shape index (κ3) is 5.70. The van der Waals surface area contributed by atoms with E-state index in [9.17, 15) is 9.18 Å². The van der Waals surface area contributed by atoms with E-state index in [-0.39, 0.29) is 29.2 Å². The van der Waals surface area contributed by atoms with Crippen LogP contribution >= 0.6 is 11.6 Å². The second-order valence-corrected chi connectivity index (χ2v) is 5.61. The fraction of sp³-hybridized carbons (Fsp3) is 0.533. The van der Waals surface area contributed by atoms with Crippen molar-refractivity contribution in [2.24, 2.45) is 11.7 Å². The Hall–Kier alpha value is -0.930. The van der Waals surface area contributed by atoms with Crippen LogP contribution in [0.5, 0.6) is 0 Å². The first kappa shape index (κ1) is 16.1. The van der Waals surface area contributed by atoms with Crippen molar-refractivity contribution in [2.45, 2.75) is 45.6 Å². The Balaban J connectivity index is 2.47. The first-order chi connectivity index (χ1) is 8.90. The molecule has 2 unspecified atom stereocenters. The maximum Gasteiger partial charge on any atom is 0.142 e. The van der Waals surface area contributed by atoms with E-state index in [1.54, 1.807) is 6.07 Å². The molecule has 0 aromatic heterocycles. The molecule has 1 aromatic carbocycles. The van der Waals surface area contributed by atoms with Gasteiger partial charge < -0.3 is 5.73 Å². The molecule has 0 bridgehead atoms. The van der Waals surface area contributed by atoms with Crippen molar-refractivity contribution in [3.63, 3.8) is 0 Å². The van der Waals surface area contributed by atoms with Crippen LogP contribution in [0.4, 0.5) is 4.39 Å². The van der Waals surface area contributed by atoms with Gasteiger partial charge in [-0.25, -0.2) is 4.39 Å². The Labute approximate surface area is 119 Å². The van der Waals surface area contributed by atoms with E-state index in [0.29, 0.717) is 5.56 Å². The minimum atomic E-state index is -0.475. The molecule has 106 valence electrons. The summed E-state index contributed by atoms with van der Waals surface area (Å²) in [5.74, 6) is -0.361. The standard InChI is InChI=1S/C15H21ClFNO/c1-10(4-3-5-11(2)18)15(19)9-12-6-7-13(16)14(17)8-12/h6-8,10-11H,3-5,9,18H2,1-2H3. The van der Waals surface area contributed by atoms with Crippen molar-refractivity contribution in [3.05, 3.63) is 34.6 Å². The van der Waals surface area contributed by atoms with E-state index in [2.05, 4.69) is 0 Å². The smallest absolute Gasteiger partial charge is 0.142 e. The number of hydrogen-bond acceptors (Lipinski definition) is 2. The van der Waals surface area contributed by atoms with Gasteiger partial charge in [0.15, 0.2) is 0 Å². The number of ketones is 1. The van der Waals surface area contributed by atoms with E-state index < -0.39 is 5.82 Å². The van der Waals surface area contributed by atoms with Gasteiger partial charge in [0.25, 0.3) is 0 Å². The molecule has 0 heterocycles. The van der Waals surface area contributed by atoms with Gasteiger partial charge in [0.05, 0.1) is 5.02 Å². The molecule has 0 saturated carbocycles. The molecule has 0 spiro atoms. The number of nitrogens with two attached hydrogens (primary N) is 1. The number of hydrogen-bond donors (Lipinski definition) is 1. The molecular formula is C15H21ClFNO. The van der Waals surface area contributed by atoms with Crippen LogP contribution in [0.15, 0.2) is 18.2 Å². The third-order valence-electron chi connectivity index (χ3n) is 3.21. The highest BCUT2D eigenvalue weighted by atomic mass is 35.5. The van der Waals surface area contributed by atoms with E-state index in [4.69, 9.17) is 17.3 Å². The Bertz CT molecular complexity index is 434. The van der Waals surface area contributed by atoms with Gasteiger partial charge in [-0.2, -0.15) is 0 Å². The summed E-state index contributed by atoms with van der Waals surface area (Å²) in [4.78, 5) is 12.0. The molecule has 1 aromatic rings. The summed E-state index contributed by atoms with van der Waals surface area (Å²) in [6.45, 7) is 3.87. The Morgan fingerprint density at radius 1 is 1.37 bits per heavy atom. The van der Waals surface area contributed by atoms with Crippen LogP contribution in [0.1, 0.15) is 38.7 Å². The van der Waals surface area contributed by atoms with Gasteiger partial charge in [-0.3, -0.25) is 4.79 Å². The number of halogens is 2. The van der Waals surface area contributed by atoms with Crippen molar-refractivity contribution < 1.29 is 9.18 Å². The van der Waals surface area contributed by atoms with Gasteiger partial charge in [0.2, 0.25) is 0 Å². The van der Waals surface area contributed by atoms with Crippen molar-refractivity contribution in [2.75, 3.05) is 0 Å². The normalized spacial score (nSPS) is 14.2. The molecule has 19 heavy (non-hydrogen) atoms. The molecule has 4 heteroatoms. The average Bonchev–Trinajstić information content (AvgIpc) is 2.33. The summed E-state index contributed by atoms with van der Waals surface area (Å²) < 4.78 is 13.3. The van der Waals surface area contributed by atoms with Crippen molar-refractivity contribution >= 4 is 17.4 Å². The van der Waals surface area contributed by atoms with E-state index in [1.807, 2.05) is 13.8 Å². The SMILES string of the molecule is CC(N)CCCC(C)C(=O)Cc1ccc(Cl)c(F)c1. The lowest BCUT2D eigenvalue weighted by atomic mass is 9.94. The highest BCUT2D eigenvalue weighted by Crippen LogP contribution is 2.18. The van der Waals surface area contributed by atoms with Gasteiger partial charge in [0, 0.05) is 18.4 Å². The van der Waals surface area contributed by atoms with Crippen LogP contribution in [0.3, 0.4) is 0 Å². The monoisotopic (exact) mass is 285 g/mol. The van der Waals surface area contributed by atoms with Gasteiger partial charge in [-0.1, -0.05) is 31.0 Å². The number of benzene rings is 1. The van der Waals surface area contributed by atoms with Gasteiger partial charge in [0.1, 0.15) is 11.6 Å². The number of carbonyl (C=O) groups is 1. The second-order valence-electron chi connectivity index (χ2n) is 5.20. The quantitative estimate of drug-likeness (QED) is 0.829. The predicted octanol–water partition coefficient (Wildman–Crippen LogP) is 3.74. The van der Waals surface area contributed by atoms with Crippen molar-refractivity contribution in [1.29, 1.82) is 0 Å². The minimum Gasteiger partial charge on any atom is -0.328 e. The Kier molecular flexibility index (Phi) is 6.46. The molecule has 1 rings (SSSR count). The molecule has 0 amide bonds. The van der Waals surface area contributed by atoms with E-state index in [0.717, 1.165) is 19.3 Å². The Morgan fingerprint density at radius 3 is 2.63 bits per heavy atom. The summed E-state index contributed by atoms with van der Waals surface area (Å²) >= 11 is 5.61. The third-order valence-corrected chi connectivity index (χ3v) is 3.52. The van der Waals surface area contributed by atoms with Crippen LogP contribution < -0.4 is 5.73 Å². The molecule has 0 saturated heterocycles. The van der Waals surface area contributed by atoms with Crippen LogP contribution in [-0.2, 0) is 11.2 Å². The molecule has 0 radical (unpaired) electrons. The van der Waals surface area contributed by atoms with Crippen LogP contribution in [0.2, 0.25) is 5.02 Å². The summed E-state index contributed by atoms with van der Waals surface area (Å²) in [6.07, 6.45) is 2.95. The van der Waals surface area contributed by atoms with Crippen LogP contribution in [-0.4, -0.2) is 11.8 Å². The van der Waals surface area contributed by atoms with Gasteiger partial charge in [-0.05, 0) is 37.5 Å². The van der Waals surface area contributed by atoms with Crippen molar-refractivity contribution in [3.8, 4) is 0 Å². The zero-order valence-electron chi connectivity index (χ0n) is 11.5. The lowest BCUT2D eigenvalue weighted by Gasteiger charge is -2.11.